The van der Waals surface area contributed by atoms with E-state index >= 15 is 0 Å². The zero-order valence-electron chi connectivity index (χ0n) is 10.5. The fraction of sp³-hybridized carbons (Fsp3) is 0.0667. The molecule has 5 heteroatoms. The molecule has 0 bridgehead atoms. The molecule has 20 heavy (non-hydrogen) atoms. The van der Waals surface area contributed by atoms with Crippen LogP contribution in [-0.4, -0.2) is 15.9 Å². The molecule has 0 radical (unpaired) electrons. The maximum atomic E-state index is 11.7. The van der Waals surface area contributed by atoms with E-state index in [1.165, 1.54) is 0 Å². The van der Waals surface area contributed by atoms with Crippen LogP contribution in [0.15, 0.2) is 48.7 Å². The van der Waals surface area contributed by atoms with Crippen molar-refractivity contribution < 1.29 is 9.53 Å². The number of nitrogens with one attached hydrogen (secondary N) is 1. The number of rotatable bonds is 3. The Hall–Kier alpha value is -2.33. The first-order chi connectivity index (χ1) is 9.74. The van der Waals surface area contributed by atoms with Gasteiger partial charge in [-0.05, 0) is 24.3 Å². The van der Waals surface area contributed by atoms with Crippen LogP contribution in [0.5, 0.6) is 0 Å². The molecule has 3 aromatic rings. The Labute approximate surface area is 120 Å². The van der Waals surface area contributed by atoms with Crippen LogP contribution >= 0.6 is 11.6 Å². The number of H-pyrrole nitrogens is 1. The molecule has 1 aromatic carbocycles. The second-order valence-electron chi connectivity index (χ2n) is 4.29. The maximum Gasteiger partial charge on any atom is 0.355 e. The minimum Gasteiger partial charge on any atom is -0.456 e. The van der Waals surface area contributed by atoms with Crippen LogP contribution in [0.3, 0.4) is 0 Å². The monoisotopic (exact) mass is 286 g/mol. The number of fused-ring (bicyclic) bond motifs is 1. The predicted octanol–water partition coefficient (Wildman–Crippen LogP) is 3.57. The number of carbonyl (C=O) groups is 1. The number of nitrogens with zero attached hydrogens (tertiary/aromatic N) is 1. The number of para-hydroxylation sites is 1. The van der Waals surface area contributed by atoms with Gasteiger partial charge in [-0.1, -0.05) is 29.8 Å². The molecule has 0 saturated carbocycles. The third-order valence-corrected chi connectivity index (χ3v) is 3.25. The van der Waals surface area contributed by atoms with Gasteiger partial charge in [0, 0.05) is 17.1 Å². The Kier molecular flexibility index (Phi) is 3.39. The highest BCUT2D eigenvalue weighted by Crippen LogP contribution is 2.21. The predicted molar refractivity (Wildman–Crippen MR) is 76.7 cm³/mol. The van der Waals surface area contributed by atoms with Gasteiger partial charge >= 0.3 is 5.97 Å². The maximum absolute atomic E-state index is 11.7. The summed E-state index contributed by atoms with van der Waals surface area (Å²) in [6, 6.07) is 12.9. The SMILES string of the molecule is O=C(OCc1cc2ccccc2nc1Cl)c1ccc[nH]1. The number of pyridine rings is 1. The highest BCUT2D eigenvalue weighted by atomic mass is 35.5. The average molecular weight is 287 g/mol. The number of halogens is 1. The summed E-state index contributed by atoms with van der Waals surface area (Å²) in [5, 5.41) is 1.31. The van der Waals surface area contributed by atoms with Crippen LogP contribution in [0, 0.1) is 0 Å². The highest BCUT2D eigenvalue weighted by Gasteiger charge is 2.10. The van der Waals surface area contributed by atoms with Gasteiger partial charge in [0.15, 0.2) is 0 Å². The lowest BCUT2D eigenvalue weighted by atomic mass is 10.2. The lowest BCUT2D eigenvalue weighted by molar-refractivity contribution is 0.0466. The van der Waals surface area contributed by atoms with Crippen molar-refractivity contribution in [1.29, 1.82) is 0 Å². The van der Waals surface area contributed by atoms with Crippen LogP contribution in [0.2, 0.25) is 5.15 Å². The summed E-state index contributed by atoms with van der Waals surface area (Å²) >= 11 is 6.10. The first kappa shape index (κ1) is 12.7. The van der Waals surface area contributed by atoms with Crippen LogP contribution in [0.4, 0.5) is 0 Å². The molecule has 3 rings (SSSR count). The fourth-order valence-corrected chi connectivity index (χ4v) is 2.12. The van der Waals surface area contributed by atoms with Gasteiger partial charge in [-0.25, -0.2) is 9.78 Å². The quantitative estimate of drug-likeness (QED) is 0.591. The van der Waals surface area contributed by atoms with Crippen molar-refractivity contribution in [1.82, 2.24) is 9.97 Å². The van der Waals surface area contributed by atoms with Crippen molar-refractivity contribution in [3.05, 3.63) is 65.1 Å². The van der Waals surface area contributed by atoms with E-state index in [1.54, 1.807) is 18.3 Å². The summed E-state index contributed by atoms with van der Waals surface area (Å²) in [4.78, 5) is 18.8. The molecule has 0 aliphatic rings. The topological polar surface area (TPSA) is 55.0 Å². The summed E-state index contributed by atoms with van der Waals surface area (Å²) in [5.74, 6) is -0.417. The number of aromatic nitrogens is 2. The Morgan fingerprint density at radius 3 is 2.90 bits per heavy atom. The molecule has 0 spiro atoms. The number of hydrogen-bond acceptors (Lipinski definition) is 3. The van der Waals surface area contributed by atoms with E-state index in [9.17, 15) is 4.79 Å². The average Bonchev–Trinajstić information content (AvgIpc) is 2.99. The molecule has 0 amide bonds. The van der Waals surface area contributed by atoms with Gasteiger partial charge in [0.1, 0.15) is 17.5 Å². The standard InChI is InChI=1S/C15H11ClN2O2/c16-14-11(8-10-4-1-2-5-12(10)18-14)9-20-15(19)13-6-3-7-17-13/h1-8,17H,9H2. The van der Waals surface area contributed by atoms with Gasteiger partial charge in [0.05, 0.1) is 5.52 Å². The normalized spacial score (nSPS) is 10.7. The Bertz CT molecular complexity index is 754. The molecular weight excluding hydrogens is 276 g/mol. The molecule has 100 valence electrons. The fourth-order valence-electron chi connectivity index (χ4n) is 1.92. The molecule has 0 atom stereocenters. The summed E-state index contributed by atoms with van der Waals surface area (Å²) in [7, 11) is 0. The third kappa shape index (κ3) is 2.51. The van der Waals surface area contributed by atoms with E-state index in [-0.39, 0.29) is 6.61 Å². The van der Waals surface area contributed by atoms with Crippen LogP contribution in [0.25, 0.3) is 10.9 Å². The molecule has 1 N–H and O–H groups in total. The number of aromatic amines is 1. The lowest BCUT2D eigenvalue weighted by Gasteiger charge is -2.07. The molecule has 0 unspecified atom stereocenters. The number of ether oxygens (including phenoxy) is 1. The van der Waals surface area contributed by atoms with Gasteiger partial charge in [-0.2, -0.15) is 0 Å². The Morgan fingerprint density at radius 2 is 2.10 bits per heavy atom. The van der Waals surface area contributed by atoms with Gasteiger partial charge in [0.2, 0.25) is 0 Å². The smallest absolute Gasteiger partial charge is 0.355 e. The largest absolute Gasteiger partial charge is 0.456 e. The molecule has 0 aliphatic carbocycles. The zero-order valence-corrected chi connectivity index (χ0v) is 11.2. The molecule has 2 heterocycles. The molecule has 0 aliphatic heterocycles. The van der Waals surface area contributed by atoms with E-state index in [2.05, 4.69) is 9.97 Å². The summed E-state index contributed by atoms with van der Waals surface area (Å²) in [6.45, 7) is 0.0918. The molecular formula is C15H11ClN2O2. The summed E-state index contributed by atoms with van der Waals surface area (Å²) in [5.41, 5.74) is 1.91. The zero-order chi connectivity index (χ0) is 13.9. The number of hydrogen-bond donors (Lipinski definition) is 1. The van der Waals surface area contributed by atoms with Crippen molar-refractivity contribution in [2.45, 2.75) is 6.61 Å². The molecule has 0 fully saturated rings. The van der Waals surface area contributed by atoms with Crippen molar-refractivity contribution in [2.24, 2.45) is 0 Å². The van der Waals surface area contributed by atoms with E-state index in [0.717, 1.165) is 10.9 Å². The first-order valence-corrected chi connectivity index (χ1v) is 6.46. The summed E-state index contributed by atoms with van der Waals surface area (Å²) < 4.78 is 5.21. The van der Waals surface area contributed by atoms with E-state index in [4.69, 9.17) is 16.3 Å². The van der Waals surface area contributed by atoms with Crippen LogP contribution < -0.4 is 0 Å². The minimum atomic E-state index is -0.417. The summed E-state index contributed by atoms with van der Waals surface area (Å²) in [6.07, 6.45) is 1.67. The van der Waals surface area contributed by atoms with Gasteiger partial charge < -0.3 is 9.72 Å². The second kappa shape index (κ2) is 5.35. The van der Waals surface area contributed by atoms with E-state index < -0.39 is 5.97 Å². The van der Waals surface area contributed by atoms with Crippen molar-refractivity contribution in [3.63, 3.8) is 0 Å². The lowest BCUT2D eigenvalue weighted by Crippen LogP contribution is -2.06. The number of benzene rings is 1. The van der Waals surface area contributed by atoms with Crippen molar-refractivity contribution >= 4 is 28.5 Å². The second-order valence-corrected chi connectivity index (χ2v) is 4.65. The Balaban J connectivity index is 1.80. The molecule has 4 nitrogen and oxygen atoms in total. The first-order valence-electron chi connectivity index (χ1n) is 6.09. The number of carbonyl (C=O) groups excluding carboxylic acids is 1. The molecule has 0 saturated heterocycles. The molecule has 2 aromatic heterocycles. The van der Waals surface area contributed by atoms with Crippen molar-refractivity contribution in [3.8, 4) is 0 Å². The van der Waals surface area contributed by atoms with E-state index in [0.29, 0.717) is 16.4 Å². The third-order valence-electron chi connectivity index (χ3n) is 2.93. The van der Waals surface area contributed by atoms with Gasteiger partial charge in [-0.15, -0.1) is 0 Å². The van der Waals surface area contributed by atoms with Crippen LogP contribution in [0.1, 0.15) is 16.1 Å². The Morgan fingerprint density at radius 1 is 1.25 bits per heavy atom. The van der Waals surface area contributed by atoms with Gasteiger partial charge in [0.25, 0.3) is 0 Å². The highest BCUT2D eigenvalue weighted by molar-refractivity contribution is 6.30. The van der Waals surface area contributed by atoms with Gasteiger partial charge in [-0.3, -0.25) is 0 Å². The van der Waals surface area contributed by atoms with Crippen molar-refractivity contribution in [2.75, 3.05) is 0 Å². The van der Waals surface area contributed by atoms with Crippen LogP contribution in [-0.2, 0) is 11.3 Å². The minimum absolute atomic E-state index is 0.0918. The number of esters is 1. The van der Waals surface area contributed by atoms with E-state index in [1.807, 2.05) is 30.3 Å².